The fraction of sp³-hybridized carbons (Fsp3) is 0.529. The lowest BCUT2D eigenvalue weighted by molar-refractivity contribution is -0.0508. The van der Waals surface area contributed by atoms with Crippen molar-refractivity contribution in [3.63, 3.8) is 0 Å². The van der Waals surface area contributed by atoms with E-state index < -0.39 is 0 Å². The molecular formula is C17H21ClO2. The monoisotopic (exact) mass is 292 g/mol. The van der Waals surface area contributed by atoms with E-state index in [2.05, 4.69) is 18.2 Å². The Labute approximate surface area is 125 Å². The van der Waals surface area contributed by atoms with Crippen molar-refractivity contribution in [2.24, 2.45) is 5.92 Å². The van der Waals surface area contributed by atoms with Crippen LogP contribution in [-0.4, -0.2) is 23.9 Å². The van der Waals surface area contributed by atoms with Gasteiger partial charge in [-0.2, -0.15) is 0 Å². The van der Waals surface area contributed by atoms with Gasteiger partial charge in [0.2, 0.25) is 0 Å². The molecule has 3 unspecified atom stereocenters. The van der Waals surface area contributed by atoms with E-state index in [0.717, 1.165) is 37.1 Å². The maximum atomic E-state index is 10.3. The topological polar surface area (TPSA) is 29.5 Å². The van der Waals surface area contributed by atoms with Gasteiger partial charge in [0.15, 0.2) is 0 Å². The van der Waals surface area contributed by atoms with Gasteiger partial charge in [-0.1, -0.05) is 42.7 Å². The molecular weight excluding hydrogens is 272 g/mol. The highest BCUT2D eigenvalue weighted by molar-refractivity contribution is 6.30. The van der Waals surface area contributed by atoms with E-state index in [1.165, 1.54) is 11.1 Å². The largest absolute Gasteiger partial charge is 0.390 e. The number of benzene rings is 1. The normalized spacial score (nSPS) is 30.9. The summed E-state index contributed by atoms with van der Waals surface area (Å²) in [6.07, 6.45) is 7.01. The number of hydrogen-bond donors (Lipinski definition) is 1. The molecule has 1 heterocycles. The van der Waals surface area contributed by atoms with Gasteiger partial charge < -0.3 is 9.84 Å². The Bertz CT molecular complexity index is 480. The molecule has 1 N–H and O–H groups in total. The molecule has 0 bridgehead atoms. The summed E-state index contributed by atoms with van der Waals surface area (Å²) in [5.41, 5.74) is 2.54. The van der Waals surface area contributed by atoms with Crippen molar-refractivity contribution >= 4 is 17.2 Å². The third-order valence-corrected chi connectivity index (χ3v) is 4.66. The van der Waals surface area contributed by atoms with E-state index in [4.69, 9.17) is 16.3 Å². The molecule has 2 nitrogen and oxygen atoms in total. The van der Waals surface area contributed by atoms with Crippen molar-refractivity contribution in [2.75, 3.05) is 6.61 Å². The first kappa shape index (κ1) is 14.1. The number of fused-ring (bicyclic) bond motifs is 1. The molecule has 1 aliphatic heterocycles. The average molecular weight is 293 g/mol. The van der Waals surface area contributed by atoms with Gasteiger partial charge in [0.25, 0.3) is 0 Å². The smallest absolute Gasteiger partial charge is 0.0902 e. The Morgan fingerprint density at radius 2 is 1.85 bits per heavy atom. The van der Waals surface area contributed by atoms with E-state index in [1.54, 1.807) is 0 Å². The van der Waals surface area contributed by atoms with E-state index in [9.17, 15) is 5.11 Å². The van der Waals surface area contributed by atoms with Crippen LogP contribution in [0.4, 0.5) is 0 Å². The van der Waals surface area contributed by atoms with Gasteiger partial charge in [0.05, 0.1) is 18.8 Å². The Kier molecular flexibility index (Phi) is 4.45. The molecule has 1 fully saturated rings. The second kappa shape index (κ2) is 6.30. The number of aliphatic hydroxyl groups is 1. The zero-order valence-corrected chi connectivity index (χ0v) is 12.4. The first-order valence-corrected chi connectivity index (χ1v) is 7.89. The quantitative estimate of drug-likeness (QED) is 0.846. The number of hydrogen-bond acceptors (Lipinski definition) is 2. The van der Waals surface area contributed by atoms with Crippen LogP contribution < -0.4 is 0 Å². The van der Waals surface area contributed by atoms with Crippen LogP contribution >= 0.6 is 11.6 Å². The predicted octanol–water partition coefficient (Wildman–Crippen LogP) is 4.06. The Hall–Kier alpha value is -0.830. The van der Waals surface area contributed by atoms with Crippen molar-refractivity contribution < 1.29 is 9.84 Å². The van der Waals surface area contributed by atoms with Crippen LogP contribution in [0.25, 0.3) is 5.57 Å². The summed E-state index contributed by atoms with van der Waals surface area (Å²) in [5, 5.41) is 11.1. The number of halogens is 1. The zero-order valence-electron chi connectivity index (χ0n) is 11.6. The molecule has 1 aromatic carbocycles. The van der Waals surface area contributed by atoms with E-state index in [1.807, 2.05) is 12.1 Å². The molecule has 3 rings (SSSR count). The molecule has 0 spiro atoms. The molecule has 0 amide bonds. The highest BCUT2D eigenvalue weighted by Gasteiger charge is 2.35. The van der Waals surface area contributed by atoms with Gasteiger partial charge in [-0.15, -0.1) is 0 Å². The third kappa shape index (κ3) is 2.93. The Morgan fingerprint density at radius 3 is 2.65 bits per heavy atom. The third-order valence-electron chi connectivity index (χ3n) is 4.41. The summed E-state index contributed by atoms with van der Waals surface area (Å²) in [6, 6.07) is 8.03. The van der Waals surface area contributed by atoms with Crippen molar-refractivity contribution in [2.45, 2.75) is 44.3 Å². The van der Waals surface area contributed by atoms with Crippen LogP contribution in [0.15, 0.2) is 30.3 Å². The van der Waals surface area contributed by atoms with Gasteiger partial charge in [-0.25, -0.2) is 0 Å². The van der Waals surface area contributed by atoms with Crippen LogP contribution in [-0.2, 0) is 4.74 Å². The van der Waals surface area contributed by atoms with Gasteiger partial charge in [0.1, 0.15) is 0 Å². The first-order valence-electron chi connectivity index (χ1n) is 7.51. The molecule has 0 aromatic heterocycles. The summed E-state index contributed by atoms with van der Waals surface area (Å²) in [6.45, 7) is 0.704. The summed E-state index contributed by atoms with van der Waals surface area (Å²) in [5.74, 6) is 0.302. The van der Waals surface area contributed by atoms with Gasteiger partial charge in [-0.3, -0.25) is 0 Å². The first-order chi connectivity index (χ1) is 9.75. The maximum absolute atomic E-state index is 10.3. The number of aliphatic hydroxyl groups excluding tert-OH is 1. The predicted molar refractivity (Wildman–Crippen MR) is 81.8 cm³/mol. The molecule has 2 aliphatic rings. The van der Waals surface area contributed by atoms with Gasteiger partial charge in [-0.05, 0) is 42.5 Å². The zero-order chi connectivity index (χ0) is 13.9. The molecule has 0 saturated heterocycles. The maximum Gasteiger partial charge on any atom is 0.0902 e. The fourth-order valence-corrected chi connectivity index (χ4v) is 3.54. The molecule has 1 aromatic rings. The van der Waals surface area contributed by atoms with E-state index in [0.29, 0.717) is 12.5 Å². The Morgan fingerprint density at radius 1 is 1.10 bits per heavy atom. The molecule has 1 saturated carbocycles. The highest BCUT2D eigenvalue weighted by atomic mass is 35.5. The lowest BCUT2D eigenvalue weighted by Crippen LogP contribution is -2.34. The summed E-state index contributed by atoms with van der Waals surface area (Å²) in [4.78, 5) is 0. The van der Waals surface area contributed by atoms with Crippen LogP contribution in [0.3, 0.4) is 0 Å². The minimum absolute atomic E-state index is 0.0538. The fourth-order valence-electron chi connectivity index (χ4n) is 3.42. The Balaban J connectivity index is 1.94. The lowest BCUT2D eigenvalue weighted by atomic mass is 9.84. The molecule has 20 heavy (non-hydrogen) atoms. The number of ether oxygens (including phenoxy) is 1. The van der Waals surface area contributed by atoms with E-state index >= 15 is 0 Å². The van der Waals surface area contributed by atoms with Crippen LogP contribution in [0.1, 0.15) is 37.7 Å². The average Bonchev–Trinajstić information content (AvgIpc) is 2.76. The molecule has 3 atom stereocenters. The molecule has 3 heteroatoms. The number of rotatable bonds is 1. The lowest BCUT2D eigenvalue weighted by Gasteiger charge is -2.29. The summed E-state index contributed by atoms with van der Waals surface area (Å²) < 4.78 is 5.95. The highest BCUT2D eigenvalue weighted by Crippen LogP contribution is 2.38. The van der Waals surface area contributed by atoms with Crippen LogP contribution in [0, 0.1) is 5.92 Å². The van der Waals surface area contributed by atoms with Crippen molar-refractivity contribution in [1.82, 2.24) is 0 Å². The SMILES string of the molecule is OC1CCCCC2C(c3ccc(Cl)cc3)=CCCOC12. The minimum atomic E-state index is -0.337. The summed E-state index contributed by atoms with van der Waals surface area (Å²) in [7, 11) is 0. The minimum Gasteiger partial charge on any atom is -0.390 e. The van der Waals surface area contributed by atoms with Crippen molar-refractivity contribution in [3.05, 3.63) is 40.9 Å². The van der Waals surface area contributed by atoms with Crippen molar-refractivity contribution in [1.29, 1.82) is 0 Å². The molecule has 0 radical (unpaired) electrons. The standard InChI is InChI=1S/C17H21ClO2/c18-13-9-7-12(8-10-13)14-5-3-11-20-17-15(14)4-1-2-6-16(17)19/h5,7-10,15-17,19H,1-4,6,11H2. The van der Waals surface area contributed by atoms with E-state index in [-0.39, 0.29) is 12.2 Å². The van der Waals surface area contributed by atoms with Gasteiger partial charge >= 0.3 is 0 Å². The van der Waals surface area contributed by atoms with Crippen molar-refractivity contribution in [3.8, 4) is 0 Å². The van der Waals surface area contributed by atoms with Crippen LogP contribution in [0.5, 0.6) is 0 Å². The van der Waals surface area contributed by atoms with Crippen LogP contribution in [0.2, 0.25) is 5.02 Å². The second-order valence-electron chi connectivity index (χ2n) is 5.75. The summed E-state index contributed by atoms with van der Waals surface area (Å²) >= 11 is 5.99. The molecule has 1 aliphatic carbocycles. The second-order valence-corrected chi connectivity index (χ2v) is 6.19. The van der Waals surface area contributed by atoms with Gasteiger partial charge in [0, 0.05) is 10.9 Å². The molecule has 108 valence electrons.